The molecule has 1 unspecified atom stereocenters. The third-order valence-electron chi connectivity index (χ3n) is 5.27. The molecule has 1 atom stereocenters. The molecule has 7 heteroatoms. The van der Waals surface area contributed by atoms with Gasteiger partial charge in [-0.3, -0.25) is 4.79 Å². The van der Waals surface area contributed by atoms with Crippen LogP contribution in [0.5, 0.6) is 0 Å². The van der Waals surface area contributed by atoms with Gasteiger partial charge in [-0.05, 0) is 48.0 Å². The molecule has 4 rings (SSSR count). The summed E-state index contributed by atoms with van der Waals surface area (Å²) in [4.78, 5) is 21.1. The number of aromatic nitrogens is 2. The number of rotatable bonds is 7. The van der Waals surface area contributed by atoms with Crippen LogP contribution in [-0.4, -0.2) is 29.5 Å². The number of nitrogens with zero attached hydrogens (tertiary/aromatic N) is 3. The number of carbonyl (C=O) groups excluding carboxylic acids is 1. The summed E-state index contributed by atoms with van der Waals surface area (Å²) in [6, 6.07) is 23.0. The molecule has 0 saturated carbocycles. The lowest BCUT2D eigenvalue weighted by molar-refractivity contribution is 0.100. The highest BCUT2D eigenvalue weighted by Crippen LogP contribution is 2.31. The van der Waals surface area contributed by atoms with Crippen molar-refractivity contribution >= 4 is 22.6 Å². The fourth-order valence-electron chi connectivity index (χ4n) is 3.68. The normalized spacial score (nSPS) is 11.6. The standard InChI is InChI=1S/C25H22N6O/c1-28-14-22(18-5-3-2-4-6-18)31-25-21-12-19(17-9-7-16(13-26)8-10-17)11-20(24(27)32)23(21)29-15-30-25/h2-12,15,22,28H,14H2,1H3,(H2,27,32)(H,29,30,31). The van der Waals surface area contributed by atoms with Gasteiger partial charge >= 0.3 is 0 Å². The van der Waals surface area contributed by atoms with Crippen LogP contribution in [0.25, 0.3) is 22.0 Å². The molecule has 3 aromatic carbocycles. The smallest absolute Gasteiger partial charge is 0.250 e. The second-order valence-electron chi connectivity index (χ2n) is 7.36. The van der Waals surface area contributed by atoms with Crippen LogP contribution in [0, 0.1) is 11.3 Å². The molecule has 1 amide bonds. The van der Waals surface area contributed by atoms with Crippen molar-refractivity contribution in [2.45, 2.75) is 6.04 Å². The molecule has 0 radical (unpaired) electrons. The molecule has 4 N–H and O–H groups in total. The minimum Gasteiger partial charge on any atom is -0.366 e. The van der Waals surface area contributed by atoms with Gasteiger partial charge in [-0.1, -0.05) is 42.5 Å². The lowest BCUT2D eigenvalue weighted by Crippen LogP contribution is -2.24. The highest BCUT2D eigenvalue weighted by atomic mass is 16.1. The zero-order valence-corrected chi connectivity index (χ0v) is 17.5. The highest BCUT2D eigenvalue weighted by molar-refractivity contribution is 6.08. The van der Waals surface area contributed by atoms with Crippen molar-refractivity contribution in [2.75, 3.05) is 18.9 Å². The number of carbonyl (C=O) groups is 1. The number of nitriles is 1. The zero-order chi connectivity index (χ0) is 22.5. The Labute approximate surface area is 185 Å². The van der Waals surface area contributed by atoms with Gasteiger partial charge in [-0.2, -0.15) is 5.26 Å². The van der Waals surface area contributed by atoms with E-state index in [1.54, 1.807) is 18.2 Å². The van der Waals surface area contributed by atoms with E-state index in [0.717, 1.165) is 16.7 Å². The minimum atomic E-state index is -0.565. The predicted molar refractivity (Wildman–Crippen MR) is 125 cm³/mol. The van der Waals surface area contributed by atoms with Crippen molar-refractivity contribution in [3.8, 4) is 17.2 Å². The molecule has 0 aliphatic heterocycles. The Morgan fingerprint density at radius 2 is 1.81 bits per heavy atom. The summed E-state index contributed by atoms with van der Waals surface area (Å²) in [5, 5.41) is 16.5. The van der Waals surface area contributed by atoms with Crippen molar-refractivity contribution in [1.82, 2.24) is 15.3 Å². The van der Waals surface area contributed by atoms with E-state index in [9.17, 15) is 4.79 Å². The van der Waals surface area contributed by atoms with Gasteiger partial charge in [0.05, 0.1) is 28.8 Å². The summed E-state index contributed by atoms with van der Waals surface area (Å²) in [5.41, 5.74) is 9.81. The highest BCUT2D eigenvalue weighted by Gasteiger charge is 2.17. The van der Waals surface area contributed by atoms with E-state index in [1.807, 2.05) is 43.4 Å². The second kappa shape index (κ2) is 9.25. The Balaban J connectivity index is 1.85. The first-order valence-electron chi connectivity index (χ1n) is 10.2. The third kappa shape index (κ3) is 4.26. The molecule has 0 aliphatic carbocycles. The average Bonchev–Trinajstić information content (AvgIpc) is 2.84. The molecule has 0 spiro atoms. The van der Waals surface area contributed by atoms with Gasteiger partial charge < -0.3 is 16.4 Å². The van der Waals surface area contributed by atoms with Crippen LogP contribution in [-0.2, 0) is 0 Å². The average molecular weight is 422 g/mol. The summed E-state index contributed by atoms with van der Waals surface area (Å²) in [6.07, 6.45) is 1.43. The molecule has 1 aromatic heterocycles. The Kier molecular flexibility index (Phi) is 6.06. The van der Waals surface area contributed by atoms with Crippen molar-refractivity contribution < 1.29 is 4.79 Å². The SMILES string of the molecule is CNCC(Nc1ncnc2c(C(N)=O)cc(-c3ccc(C#N)cc3)cc12)c1ccccc1. The molecule has 0 bridgehead atoms. The van der Waals surface area contributed by atoms with Gasteiger partial charge in [-0.15, -0.1) is 0 Å². The number of hydrogen-bond acceptors (Lipinski definition) is 6. The second-order valence-corrected chi connectivity index (χ2v) is 7.36. The number of anilines is 1. The van der Waals surface area contributed by atoms with Crippen molar-refractivity contribution in [2.24, 2.45) is 5.73 Å². The number of hydrogen-bond donors (Lipinski definition) is 3. The van der Waals surface area contributed by atoms with Crippen LogP contribution >= 0.6 is 0 Å². The van der Waals surface area contributed by atoms with Gasteiger partial charge in [0.2, 0.25) is 0 Å². The van der Waals surface area contributed by atoms with E-state index in [0.29, 0.717) is 34.4 Å². The summed E-state index contributed by atoms with van der Waals surface area (Å²) < 4.78 is 0. The topological polar surface area (TPSA) is 117 Å². The number of nitrogens with one attached hydrogen (secondary N) is 2. The van der Waals surface area contributed by atoms with Crippen molar-refractivity contribution in [1.29, 1.82) is 5.26 Å². The van der Waals surface area contributed by atoms with Crippen molar-refractivity contribution in [3.63, 3.8) is 0 Å². The maximum atomic E-state index is 12.2. The quantitative estimate of drug-likeness (QED) is 0.419. The molecule has 4 aromatic rings. The predicted octanol–water partition coefficient (Wildman–Crippen LogP) is 3.64. The van der Waals surface area contributed by atoms with Gasteiger partial charge in [0.1, 0.15) is 12.1 Å². The van der Waals surface area contributed by atoms with Crippen LogP contribution in [0.4, 0.5) is 5.82 Å². The number of benzene rings is 3. The van der Waals surface area contributed by atoms with Crippen LogP contribution < -0.4 is 16.4 Å². The molecule has 0 aliphatic rings. The summed E-state index contributed by atoms with van der Waals surface area (Å²) in [5.74, 6) is 0.0436. The number of nitrogens with two attached hydrogens (primary N) is 1. The Hall–Kier alpha value is -4.28. The lowest BCUT2D eigenvalue weighted by atomic mass is 9.98. The van der Waals surface area contributed by atoms with Gasteiger partial charge in [0.15, 0.2) is 0 Å². The Bertz CT molecular complexity index is 1300. The monoisotopic (exact) mass is 422 g/mol. The Morgan fingerprint density at radius 3 is 2.47 bits per heavy atom. The first-order valence-corrected chi connectivity index (χ1v) is 10.2. The number of primary amides is 1. The van der Waals surface area contributed by atoms with Crippen molar-refractivity contribution in [3.05, 3.63) is 89.7 Å². The molecule has 0 fully saturated rings. The fraction of sp³-hybridized carbons (Fsp3) is 0.120. The van der Waals surface area contributed by atoms with Crippen LogP contribution in [0.3, 0.4) is 0 Å². The molecule has 0 saturated heterocycles. The van der Waals surface area contributed by atoms with E-state index in [-0.39, 0.29) is 6.04 Å². The fourth-order valence-corrected chi connectivity index (χ4v) is 3.68. The van der Waals surface area contributed by atoms with Crippen LogP contribution in [0.2, 0.25) is 0 Å². The molecule has 158 valence electrons. The lowest BCUT2D eigenvalue weighted by Gasteiger charge is -2.21. The summed E-state index contributed by atoms with van der Waals surface area (Å²) >= 11 is 0. The van der Waals surface area contributed by atoms with Crippen LogP contribution in [0.15, 0.2) is 73.1 Å². The third-order valence-corrected chi connectivity index (χ3v) is 5.27. The van der Waals surface area contributed by atoms with E-state index in [2.05, 4.69) is 38.8 Å². The van der Waals surface area contributed by atoms with E-state index in [4.69, 9.17) is 11.0 Å². The molecular formula is C25H22N6O. The van der Waals surface area contributed by atoms with E-state index < -0.39 is 5.91 Å². The summed E-state index contributed by atoms with van der Waals surface area (Å²) in [7, 11) is 1.89. The Morgan fingerprint density at radius 1 is 1.06 bits per heavy atom. The van der Waals surface area contributed by atoms with Gasteiger partial charge in [0.25, 0.3) is 5.91 Å². The maximum Gasteiger partial charge on any atom is 0.250 e. The number of fused-ring (bicyclic) bond motifs is 1. The van der Waals surface area contributed by atoms with Gasteiger partial charge in [-0.25, -0.2) is 9.97 Å². The molecule has 1 heterocycles. The summed E-state index contributed by atoms with van der Waals surface area (Å²) in [6.45, 7) is 0.674. The van der Waals surface area contributed by atoms with Crippen LogP contribution in [0.1, 0.15) is 27.5 Å². The largest absolute Gasteiger partial charge is 0.366 e. The molecule has 32 heavy (non-hydrogen) atoms. The molecule has 7 nitrogen and oxygen atoms in total. The maximum absolute atomic E-state index is 12.2. The van der Waals surface area contributed by atoms with E-state index >= 15 is 0 Å². The first kappa shape index (κ1) is 21.0. The molecular weight excluding hydrogens is 400 g/mol. The van der Waals surface area contributed by atoms with Gasteiger partial charge in [0, 0.05) is 11.9 Å². The zero-order valence-electron chi connectivity index (χ0n) is 17.5. The first-order chi connectivity index (χ1) is 15.6. The van der Waals surface area contributed by atoms with E-state index in [1.165, 1.54) is 6.33 Å². The number of amides is 1. The minimum absolute atomic E-state index is 0.0464. The number of likely N-dealkylation sites (N-methyl/N-ethyl adjacent to an activating group) is 1.